The van der Waals surface area contributed by atoms with Gasteiger partial charge in [0, 0.05) is 11.6 Å². The molecular formula is C17H13FN2O4. The first-order valence-electron chi connectivity index (χ1n) is 6.98. The molecule has 0 aliphatic rings. The van der Waals surface area contributed by atoms with Crippen molar-refractivity contribution >= 4 is 17.3 Å². The van der Waals surface area contributed by atoms with Crippen molar-refractivity contribution in [3.8, 4) is 17.6 Å². The molecule has 7 heteroatoms. The van der Waals surface area contributed by atoms with Crippen LogP contribution < -0.4 is 4.74 Å². The van der Waals surface area contributed by atoms with E-state index >= 15 is 0 Å². The summed E-state index contributed by atoms with van der Waals surface area (Å²) in [5.74, 6) is -1.25. The number of nitro groups is 1. The van der Waals surface area contributed by atoms with Crippen molar-refractivity contribution in [1.29, 1.82) is 5.26 Å². The number of benzene rings is 2. The average Bonchev–Trinajstić information content (AvgIpc) is 2.56. The highest BCUT2D eigenvalue weighted by atomic mass is 19.1. The molecule has 0 saturated carbocycles. The maximum absolute atomic E-state index is 13.8. The summed E-state index contributed by atoms with van der Waals surface area (Å²) < 4.78 is 19.0. The Balaban J connectivity index is 2.61. The summed E-state index contributed by atoms with van der Waals surface area (Å²) in [6.07, 6.45) is 1.30. The van der Waals surface area contributed by atoms with E-state index in [1.807, 2.05) is 6.07 Å². The lowest BCUT2D eigenvalue weighted by molar-refractivity contribution is -0.386. The Morgan fingerprint density at radius 3 is 2.75 bits per heavy atom. The lowest BCUT2D eigenvalue weighted by atomic mass is 10.0. The molecule has 0 aromatic heterocycles. The average molecular weight is 328 g/mol. The Morgan fingerprint density at radius 2 is 2.17 bits per heavy atom. The van der Waals surface area contributed by atoms with Gasteiger partial charge in [-0.15, -0.1) is 0 Å². The molecule has 0 atom stereocenters. The van der Waals surface area contributed by atoms with E-state index in [4.69, 9.17) is 4.74 Å². The van der Waals surface area contributed by atoms with Gasteiger partial charge in [-0.1, -0.05) is 18.2 Å². The monoisotopic (exact) mass is 328 g/mol. The molecule has 1 N–H and O–H groups in total. The standard InChI is InChI=1S/C17H13FN2O4/c1-2-24-16-9-11(8-15(17(16)21)20(22)23)7-12(10-19)13-5-3-4-6-14(13)18/h3-9,21H,2H2,1H3/b12-7-. The molecule has 0 unspecified atom stereocenters. The zero-order valence-electron chi connectivity index (χ0n) is 12.7. The van der Waals surface area contributed by atoms with Gasteiger partial charge in [-0.2, -0.15) is 5.26 Å². The van der Waals surface area contributed by atoms with E-state index in [-0.39, 0.29) is 29.1 Å². The van der Waals surface area contributed by atoms with E-state index in [9.17, 15) is 24.9 Å². The van der Waals surface area contributed by atoms with E-state index in [0.29, 0.717) is 0 Å². The number of allylic oxidation sites excluding steroid dienone is 1. The molecule has 0 saturated heterocycles. The lowest BCUT2D eigenvalue weighted by Gasteiger charge is -2.08. The van der Waals surface area contributed by atoms with Crippen LogP contribution in [0.4, 0.5) is 10.1 Å². The summed E-state index contributed by atoms with van der Waals surface area (Å²) in [6, 6.07) is 10.0. The summed E-state index contributed by atoms with van der Waals surface area (Å²) >= 11 is 0. The molecule has 0 spiro atoms. The maximum Gasteiger partial charge on any atom is 0.315 e. The van der Waals surface area contributed by atoms with Gasteiger partial charge in [0.15, 0.2) is 5.75 Å². The van der Waals surface area contributed by atoms with E-state index < -0.39 is 22.2 Å². The Morgan fingerprint density at radius 1 is 1.46 bits per heavy atom. The number of hydrogen-bond donors (Lipinski definition) is 1. The molecule has 0 amide bonds. The van der Waals surface area contributed by atoms with Crippen LogP contribution in [0.15, 0.2) is 36.4 Å². The maximum atomic E-state index is 13.8. The van der Waals surface area contributed by atoms with Crippen LogP contribution in [-0.4, -0.2) is 16.6 Å². The van der Waals surface area contributed by atoms with Crippen molar-refractivity contribution in [2.24, 2.45) is 0 Å². The van der Waals surface area contributed by atoms with Gasteiger partial charge >= 0.3 is 5.69 Å². The predicted octanol–water partition coefficient (Wildman–Crippen LogP) is 3.90. The minimum Gasteiger partial charge on any atom is -0.500 e. The Hall–Kier alpha value is -3.40. The number of phenolic OH excluding ortho intramolecular Hbond substituents is 1. The zero-order chi connectivity index (χ0) is 17.7. The molecule has 2 rings (SSSR count). The fourth-order valence-electron chi connectivity index (χ4n) is 2.12. The molecule has 24 heavy (non-hydrogen) atoms. The van der Waals surface area contributed by atoms with Crippen LogP contribution in [0, 0.1) is 27.3 Å². The molecule has 0 aliphatic carbocycles. The topological polar surface area (TPSA) is 96.4 Å². The van der Waals surface area contributed by atoms with Gasteiger partial charge in [0.05, 0.1) is 23.2 Å². The first kappa shape index (κ1) is 17.0. The molecule has 2 aromatic carbocycles. The zero-order valence-corrected chi connectivity index (χ0v) is 12.7. The van der Waals surface area contributed by atoms with Gasteiger partial charge in [-0.05, 0) is 30.7 Å². The number of phenols is 1. The highest BCUT2D eigenvalue weighted by Gasteiger charge is 2.20. The van der Waals surface area contributed by atoms with Crippen LogP contribution in [0.25, 0.3) is 11.6 Å². The predicted molar refractivity (Wildman–Crippen MR) is 85.8 cm³/mol. The first-order chi connectivity index (χ1) is 11.5. The smallest absolute Gasteiger partial charge is 0.315 e. The summed E-state index contributed by atoms with van der Waals surface area (Å²) in [6.45, 7) is 1.85. The summed E-state index contributed by atoms with van der Waals surface area (Å²) in [5, 5.41) is 30.2. The highest BCUT2D eigenvalue weighted by molar-refractivity contribution is 5.90. The Labute approximate surface area is 137 Å². The fraction of sp³-hybridized carbons (Fsp3) is 0.118. The minimum atomic E-state index is -0.760. The van der Waals surface area contributed by atoms with Crippen molar-refractivity contribution in [3.05, 3.63) is 63.5 Å². The van der Waals surface area contributed by atoms with Gasteiger partial charge in [-0.3, -0.25) is 10.1 Å². The van der Waals surface area contributed by atoms with Crippen LogP contribution in [-0.2, 0) is 0 Å². The third-order valence-corrected chi connectivity index (χ3v) is 3.17. The minimum absolute atomic E-state index is 0.00413. The van der Waals surface area contributed by atoms with E-state index in [1.54, 1.807) is 13.0 Å². The second kappa shape index (κ2) is 7.24. The summed E-state index contributed by atoms with van der Waals surface area (Å²) in [7, 11) is 0. The third-order valence-electron chi connectivity index (χ3n) is 3.17. The van der Waals surface area contributed by atoms with Crippen LogP contribution in [0.2, 0.25) is 0 Å². The summed E-state index contributed by atoms with van der Waals surface area (Å²) in [4.78, 5) is 10.3. The van der Waals surface area contributed by atoms with Crippen LogP contribution >= 0.6 is 0 Å². The molecule has 0 radical (unpaired) electrons. The molecular weight excluding hydrogens is 315 g/mol. The van der Waals surface area contributed by atoms with Crippen molar-refractivity contribution in [3.63, 3.8) is 0 Å². The van der Waals surface area contributed by atoms with Gasteiger partial charge in [0.1, 0.15) is 5.82 Å². The van der Waals surface area contributed by atoms with E-state index in [1.165, 1.54) is 30.3 Å². The largest absolute Gasteiger partial charge is 0.500 e. The number of nitriles is 1. The molecule has 0 bridgehead atoms. The Bertz CT molecular complexity index is 856. The van der Waals surface area contributed by atoms with Crippen molar-refractivity contribution in [2.45, 2.75) is 6.92 Å². The first-order valence-corrected chi connectivity index (χ1v) is 6.98. The number of rotatable bonds is 5. The number of nitrogens with zero attached hydrogens (tertiary/aromatic N) is 2. The van der Waals surface area contributed by atoms with E-state index in [0.717, 1.165) is 6.07 Å². The van der Waals surface area contributed by atoms with E-state index in [2.05, 4.69) is 0 Å². The molecule has 0 fully saturated rings. The second-order valence-electron chi connectivity index (χ2n) is 4.73. The lowest BCUT2D eigenvalue weighted by Crippen LogP contribution is -1.96. The molecule has 0 heterocycles. The van der Waals surface area contributed by atoms with Gasteiger partial charge < -0.3 is 9.84 Å². The summed E-state index contributed by atoms with van der Waals surface area (Å²) in [5.41, 5.74) is -0.245. The van der Waals surface area contributed by atoms with Gasteiger partial charge in [0.25, 0.3) is 0 Å². The number of halogens is 1. The molecule has 0 aliphatic heterocycles. The third kappa shape index (κ3) is 3.50. The molecule has 6 nitrogen and oxygen atoms in total. The van der Waals surface area contributed by atoms with Crippen LogP contribution in [0.1, 0.15) is 18.1 Å². The van der Waals surface area contributed by atoms with Crippen molar-refractivity contribution in [2.75, 3.05) is 6.61 Å². The normalized spacial score (nSPS) is 11.0. The highest BCUT2D eigenvalue weighted by Crippen LogP contribution is 2.38. The quantitative estimate of drug-likeness (QED) is 0.388. The van der Waals surface area contributed by atoms with Gasteiger partial charge in [-0.25, -0.2) is 4.39 Å². The number of hydrogen-bond acceptors (Lipinski definition) is 5. The fourth-order valence-corrected chi connectivity index (χ4v) is 2.12. The molecule has 2 aromatic rings. The number of ether oxygens (including phenoxy) is 1. The number of aromatic hydroxyl groups is 1. The Kier molecular flexibility index (Phi) is 5.12. The molecule has 122 valence electrons. The van der Waals surface area contributed by atoms with Gasteiger partial charge in [0.2, 0.25) is 5.75 Å². The van der Waals surface area contributed by atoms with Crippen LogP contribution in [0.3, 0.4) is 0 Å². The van der Waals surface area contributed by atoms with Crippen LogP contribution in [0.5, 0.6) is 11.5 Å². The van der Waals surface area contributed by atoms with Crippen molar-refractivity contribution < 1.29 is 19.2 Å². The number of nitro benzene ring substituents is 1. The second-order valence-corrected chi connectivity index (χ2v) is 4.73. The van der Waals surface area contributed by atoms with Crippen molar-refractivity contribution in [1.82, 2.24) is 0 Å². The SMILES string of the molecule is CCOc1cc(/C=C(/C#N)c2ccccc2F)cc([N+](=O)[O-])c1O.